The first-order chi connectivity index (χ1) is 10.2. The molecule has 2 rings (SSSR count). The van der Waals surface area contributed by atoms with Crippen molar-refractivity contribution in [1.82, 2.24) is 15.0 Å². The van der Waals surface area contributed by atoms with Gasteiger partial charge in [-0.1, -0.05) is 43.5 Å². The van der Waals surface area contributed by atoms with Gasteiger partial charge in [-0.3, -0.25) is 0 Å². The summed E-state index contributed by atoms with van der Waals surface area (Å²) in [6, 6.07) is 6.50. The predicted molar refractivity (Wildman–Crippen MR) is 87.0 cm³/mol. The second kappa shape index (κ2) is 7.36. The zero-order valence-corrected chi connectivity index (χ0v) is 13.4. The van der Waals surface area contributed by atoms with Crippen molar-refractivity contribution >= 4 is 0 Å². The summed E-state index contributed by atoms with van der Waals surface area (Å²) in [7, 11) is 0. The van der Waals surface area contributed by atoms with Crippen molar-refractivity contribution in [2.75, 3.05) is 0 Å². The van der Waals surface area contributed by atoms with E-state index in [-0.39, 0.29) is 0 Å². The Bertz CT molecular complexity index is 586. The van der Waals surface area contributed by atoms with Crippen LogP contribution in [0, 0.1) is 13.8 Å². The Hall–Kier alpha value is -1.68. The fourth-order valence-corrected chi connectivity index (χ4v) is 2.54. The molecule has 0 aliphatic heterocycles. The van der Waals surface area contributed by atoms with Crippen molar-refractivity contribution in [3.8, 4) is 11.3 Å². The van der Waals surface area contributed by atoms with E-state index in [1.807, 2.05) is 4.68 Å². The summed E-state index contributed by atoms with van der Waals surface area (Å²) in [5.74, 6) is 0. The fourth-order valence-electron chi connectivity index (χ4n) is 2.54. The first-order valence-corrected chi connectivity index (χ1v) is 7.87. The molecule has 2 aromatic rings. The Labute approximate surface area is 127 Å². The molecule has 1 aromatic carbocycles. The molecule has 0 spiro atoms. The molecule has 0 amide bonds. The van der Waals surface area contributed by atoms with Crippen LogP contribution in [-0.4, -0.2) is 15.0 Å². The third-order valence-electron chi connectivity index (χ3n) is 4.00. The molecule has 114 valence electrons. The highest BCUT2D eigenvalue weighted by atomic mass is 15.4. The number of benzene rings is 1. The van der Waals surface area contributed by atoms with Crippen molar-refractivity contribution in [2.45, 2.75) is 59.5 Å². The van der Waals surface area contributed by atoms with Gasteiger partial charge in [0, 0.05) is 18.7 Å². The van der Waals surface area contributed by atoms with Gasteiger partial charge in [-0.15, -0.1) is 5.10 Å². The van der Waals surface area contributed by atoms with Crippen LogP contribution >= 0.6 is 0 Å². The molecule has 0 aliphatic carbocycles. The minimum absolute atomic E-state index is 0.428. The van der Waals surface area contributed by atoms with Crippen LogP contribution in [0.15, 0.2) is 18.2 Å². The molecular formula is C17H26N4. The molecule has 1 heterocycles. The van der Waals surface area contributed by atoms with Gasteiger partial charge in [0.25, 0.3) is 0 Å². The lowest BCUT2D eigenvalue weighted by atomic mass is 10.0. The van der Waals surface area contributed by atoms with Crippen molar-refractivity contribution in [3.63, 3.8) is 0 Å². The van der Waals surface area contributed by atoms with Crippen molar-refractivity contribution in [3.05, 3.63) is 35.0 Å². The van der Waals surface area contributed by atoms with Crippen molar-refractivity contribution < 1.29 is 0 Å². The monoisotopic (exact) mass is 286 g/mol. The third-order valence-corrected chi connectivity index (χ3v) is 4.00. The maximum atomic E-state index is 5.83. The van der Waals surface area contributed by atoms with Crippen LogP contribution in [-0.2, 0) is 13.1 Å². The quantitative estimate of drug-likeness (QED) is 0.791. The normalized spacial score (nSPS) is 11.0. The number of unbranched alkanes of at least 4 members (excludes halogenated alkanes) is 3. The maximum absolute atomic E-state index is 5.83. The Morgan fingerprint density at radius 3 is 2.57 bits per heavy atom. The second-order valence-corrected chi connectivity index (χ2v) is 5.67. The molecule has 2 N–H and O–H groups in total. The summed E-state index contributed by atoms with van der Waals surface area (Å²) in [6.07, 6.45) is 4.90. The number of nitrogens with zero attached hydrogens (tertiary/aromatic N) is 3. The zero-order chi connectivity index (χ0) is 15.2. The van der Waals surface area contributed by atoms with Gasteiger partial charge >= 0.3 is 0 Å². The van der Waals surface area contributed by atoms with Crippen LogP contribution < -0.4 is 5.73 Å². The summed E-state index contributed by atoms with van der Waals surface area (Å²) in [5.41, 5.74) is 11.5. The summed E-state index contributed by atoms with van der Waals surface area (Å²) in [4.78, 5) is 0. The van der Waals surface area contributed by atoms with E-state index in [0.717, 1.165) is 24.4 Å². The zero-order valence-electron chi connectivity index (χ0n) is 13.4. The number of hydrogen-bond acceptors (Lipinski definition) is 3. The Kier molecular flexibility index (Phi) is 5.51. The Morgan fingerprint density at radius 1 is 1.10 bits per heavy atom. The molecule has 1 aromatic heterocycles. The lowest BCUT2D eigenvalue weighted by Gasteiger charge is -2.10. The van der Waals surface area contributed by atoms with Gasteiger partial charge in [0.15, 0.2) is 0 Å². The highest BCUT2D eigenvalue weighted by Crippen LogP contribution is 2.25. The molecule has 4 nitrogen and oxygen atoms in total. The SMILES string of the molecule is CCCCCCn1nnc(CN)c1-c1ccc(C)c(C)c1. The van der Waals surface area contributed by atoms with Gasteiger partial charge in [0.05, 0.1) is 5.69 Å². The summed E-state index contributed by atoms with van der Waals surface area (Å²) >= 11 is 0. The molecule has 0 fully saturated rings. The molecule has 0 saturated carbocycles. The molecule has 0 aliphatic rings. The minimum atomic E-state index is 0.428. The summed E-state index contributed by atoms with van der Waals surface area (Å²) in [6.45, 7) is 7.83. The predicted octanol–water partition coefficient (Wildman–Crippen LogP) is 3.60. The Morgan fingerprint density at radius 2 is 1.90 bits per heavy atom. The standard InChI is InChI=1S/C17H26N4/c1-4-5-6-7-10-21-17(16(12-18)19-20-21)15-9-8-13(2)14(3)11-15/h8-9,11H,4-7,10,12,18H2,1-3H3. The summed E-state index contributed by atoms with van der Waals surface area (Å²) in [5, 5.41) is 8.55. The van der Waals surface area contributed by atoms with E-state index in [1.165, 1.54) is 36.0 Å². The molecule has 0 radical (unpaired) electrons. The van der Waals surface area contributed by atoms with Gasteiger partial charge in [0.2, 0.25) is 0 Å². The van der Waals surface area contributed by atoms with Gasteiger partial charge in [-0.05, 0) is 37.5 Å². The lowest BCUT2D eigenvalue weighted by Crippen LogP contribution is -2.05. The van der Waals surface area contributed by atoms with Crippen molar-refractivity contribution in [2.24, 2.45) is 5.73 Å². The maximum Gasteiger partial charge on any atom is 0.104 e. The second-order valence-electron chi connectivity index (χ2n) is 5.67. The first-order valence-electron chi connectivity index (χ1n) is 7.87. The third kappa shape index (κ3) is 3.70. The lowest BCUT2D eigenvalue weighted by molar-refractivity contribution is 0.531. The van der Waals surface area contributed by atoms with E-state index in [1.54, 1.807) is 0 Å². The molecule has 0 bridgehead atoms. The van der Waals surface area contributed by atoms with E-state index >= 15 is 0 Å². The van der Waals surface area contributed by atoms with Crippen LogP contribution in [0.1, 0.15) is 49.4 Å². The number of nitrogens with two attached hydrogens (primary N) is 1. The largest absolute Gasteiger partial charge is 0.325 e. The average Bonchev–Trinajstić information content (AvgIpc) is 2.89. The average molecular weight is 286 g/mol. The highest BCUT2D eigenvalue weighted by molar-refractivity contribution is 5.63. The van der Waals surface area contributed by atoms with Gasteiger partial charge in [-0.2, -0.15) is 0 Å². The molecule has 21 heavy (non-hydrogen) atoms. The number of aromatic nitrogens is 3. The smallest absolute Gasteiger partial charge is 0.104 e. The number of hydrogen-bond donors (Lipinski definition) is 1. The number of rotatable bonds is 7. The Balaban J connectivity index is 2.27. The van der Waals surface area contributed by atoms with Crippen LogP contribution in [0.4, 0.5) is 0 Å². The molecule has 0 atom stereocenters. The van der Waals surface area contributed by atoms with Crippen LogP contribution in [0.2, 0.25) is 0 Å². The van der Waals surface area contributed by atoms with E-state index in [2.05, 4.69) is 49.3 Å². The number of aryl methyl sites for hydroxylation is 3. The van der Waals surface area contributed by atoms with Gasteiger partial charge < -0.3 is 5.73 Å². The minimum Gasteiger partial charge on any atom is -0.325 e. The van der Waals surface area contributed by atoms with E-state index in [9.17, 15) is 0 Å². The van der Waals surface area contributed by atoms with E-state index in [0.29, 0.717) is 6.54 Å². The summed E-state index contributed by atoms with van der Waals surface area (Å²) < 4.78 is 2.02. The van der Waals surface area contributed by atoms with Crippen LogP contribution in [0.25, 0.3) is 11.3 Å². The topological polar surface area (TPSA) is 56.7 Å². The van der Waals surface area contributed by atoms with Crippen LogP contribution in [0.3, 0.4) is 0 Å². The molecule has 0 unspecified atom stereocenters. The van der Waals surface area contributed by atoms with Crippen LogP contribution in [0.5, 0.6) is 0 Å². The van der Waals surface area contributed by atoms with Gasteiger partial charge in [0.1, 0.15) is 5.69 Å². The van der Waals surface area contributed by atoms with Crippen molar-refractivity contribution in [1.29, 1.82) is 0 Å². The van der Waals surface area contributed by atoms with E-state index < -0.39 is 0 Å². The molecular weight excluding hydrogens is 260 g/mol. The fraction of sp³-hybridized carbons (Fsp3) is 0.529. The first kappa shape index (κ1) is 15.7. The molecule has 0 saturated heterocycles. The highest BCUT2D eigenvalue weighted by Gasteiger charge is 2.14. The van der Waals surface area contributed by atoms with Gasteiger partial charge in [-0.25, -0.2) is 4.68 Å². The molecule has 4 heteroatoms. The van der Waals surface area contributed by atoms with E-state index in [4.69, 9.17) is 5.73 Å².